The lowest BCUT2D eigenvalue weighted by atomic mass is 10.3. The summed E-state index contributed by atoms with van der Waals surface area (Å²) in [6.07, 6.45) is 3.09. The standard InChI is InChI=1S/C11H14O3S/c1-3-13-11(12)5-7-15-8-10-9(2)4-6-14-10/h4-7H,3,8H2,1-2H3/b7-5+. The molecule has 0 saturated heterocycles. The summed E-state index contributed by atoms with van der Waals surface area (Å²) in [7, 11) is 0. The SMILES string of the molecule is CCOC(=O)/C=C/SCc1occc1C. The number of carbonyl (C=O) groups is 1. The van der Waals surface area contributed by atoms with Gasteiger partial charge in [-0.05, 0) is 30.9 Å². The van der Waals surface area contributed by atoms with E-state index in [1.807, 2.05) is 13.0 Å². The molecule has 1 rings (SSSR count). The van der Waals surface area contributed by atoms with Crippen molar-refractivity contribution in [2.45, 2.75) is 19.6 Å². The van der Waals surface area contributed by atoms with Gasteiger partial charge in [-0.1, -0.05) is 0 Å². The van der Waals surface area contributed by atoms with Crippen LogP contribution in [0.15, 0.2) is 28.2 Å². The normalized spacial score (nSPS) is 10.8. The highest BCUT2D eigenvalue weighted by molar-refractivity contribution is 8.01. The van der Waals surface area contributed by atoms with Crippen LogP contribution in [0.3, 0.4) is 0 Å². The molecule has 0 atom stereocenters. The third-order valence-electron chi connectivity index (χ3n) is 1.77. The van der Waals surface area contributed by atoms with Gasteiger partial charge in [-0.25, -0.2) is 4.79 Å². The first-order valence-corrected chi connectivity index (χ1v) is 5.76. The summed E-state index contributed by atoms with van der Waals surface area (Å²) in [4.78, 5) is 10.9. The molecule has 0 amide bonds. The largest absolute Gasteiger partial charge is 0.468 e. The first-order chi connectivity index (χ1) is 7.24. The fraction of sp³-hybridized carbons (Fsp3) is 0.364. The minimum Gasteiger partial charge on any atom is -0.468 e. The molecule has 0 spiro atoms. The maximum absolute atomic E-state index is 10.9. The number of furan rings is 1. The van der Waals surface area contributed by atoms with Gasteiger partial charge in [0.15, 0.2) is 0 Å². The average molecular weight is 226 g/mol. The summed E-state index contributed by atoms with van der Waals surface area (Å²) >= 11 is 1.50. The van der Waals surface area contributed by atoms with Gasteiger partial charge in [0.05, 0.1) is 18.6 Å². The molecule has 0 aliphatic heterocycles. The molecule has 82 valence electrons. The Kier molecular flexibility index (Phi) is 5.04. The average Bonchev–Trinajstić information content (AvgIpc) is 2.60. The molecule has 0 aromatic carbocycles. The van der Waals surface area contributed by atoms with E-state index >= 15 is 0 Å². The van der Waals surface area contributed by atoms with E-state index in [2.05, 4.69) is 0 Å². The first kappa shape index (κ1) is 11.9. The molecule has 0 fully saturated rings. The summed E-state index contributed by atoms with van der Waals surface area (Å²) in [5.41, 5.74) is 1.13. The highest BCUT2D eigenvalue weighted by atomic mass is 32.2. The Morgan fingerprint density at radius 1 is 1.67 bits per heavy atom. The number of esters is 1. The number of carbonyl (C=O) groups excluding carboxylic acids is 1. The number of rotatable bonds is 5. The van der Waals surface area contributed by atoms with Crippen LogP contribution in [0.25, 0.3) is 0 Å². The monoisotopic (exact) mass is 226 g/mol. The summed E-state index contributed by atoms with van der Waals surface area (Å²) in [6.45, 7) is 4.19. The van der Waals surface area contributed by atoms with Crippen molar-refractivity contribution in [1.82, 2.24) is 0 Å². The molecule has 0 unspecified atom stereocenters. The van der Waals surface area contributed by atoms with Crippen molar-refractivity contribution in [3.05, 3.63) is 35.1 Å². The fourth-order valence-corrected chi connectivity index (χ4v) is 1.72. The lowest BCUT2D eigenvalue weighted by Gasteiger charge is -1.95. The smallest absolute Gasteiger partial charge is 0.331 e. The molecule has 0 aliphatic rings. The number of thioether (sulfide) groups is 1. The summed E-state index contributed by atoms with van der Waals surface area (Å²) in [5.74, 6) is 1.36. The van der Waals surface area contributed by atoms with E-state index in [9.17, 15) is 4.79 Å². The zero-order valence-corrected chi connectivity index (χ0v) is 9.67. The highest BCUT2D eigenvalue weighted by Gasteiger charge is 2.00. The quantitative estimate of drug-likeness (QED) is 0.571. The Balaban J connectivity index is 2.27. The molecular formula is C11H14O3S. The van der Waals surface area contributed by atoms with Crippen LogP contribution in [-0.2, 0) is 15.3 Å². The van der Waals surface area contributed by atoms with E-state index < -0.39 is 0 Å². The van der Waals surface area contributed by atoms with Gasteiger partial charge in [0.2, 0.25) is 0 Å². The van der Waals surface area contributed by atoms with Gasteiger partial charge in [-0.2, -0.15) is 0 Å². The van der Waals surface area contributed by atoms with E-state index in [1.165, 1.54) is 17.8 Å². The van der Waals surface area contributed by atoms with Crippen LogP contribution in [0.2, 0.25) is 0 Å². The summed E-state index contributed by atoms with van der Waals surface area (Å²) in [5, 5.41) is 1.72. The van der Waals surface area contributed by atoms with Gasteiger partial charge in [0, 0.05) is 6.08 Å². The van der Waals surface area contributed by atoms with Gasteiger partial charge in [0.25, 0.3) is 0 Å². The van der Waals surface area contributed by atoms with Crippen molar-refractivity contribution >= 4 is 17.7 Å². The van der Waals surface area contributed by atoms with Gasteiger partial charge in [-0.15, -0.1) is 11.8 Å². The molecule has 4 heteroatoms. The first-order valence-electron chi connectivity index (χ1n) is 4.72. The molecule has 0 N–H and O–H groups in total. The third-order valence-corrected chi connectivity index (χ3v) is 2.53. The van der Waals surface area contributed by atoms with E-state index in [0.29, 0.717) is 6.61 Å². The molecule has 0 aliphatic carbocycles. The molecule has 1 aromatic rings. The van der Waals surface area contributed by atoms with Gasteiger partial charge < -0.3 is 9.15 Å². The lowest BCUT2D eigenvalue weighted by molar-refractivity contribution is -0.137. The molecule has 0 radical (unpaired) electrons. The zero-order chi connectivity index (χ0) is 11.1. The van der Waals surface area contributed by atoms with E-state index in [4.69, 9.17) is 9.15 Å². The molecular weight excluding hydrogens is 212 g/mol. The Bertz CT molecular complexity index is 341. The highest BCUT2D eigenvalue weighted by Crippen LogP contribution is 2.17. The van der Waals surface area contributed by atoms with Crippen LogP contribution in [0.5, 0.6) is 0 Å². The second kappa shape index (κ2) is 6.35. The predicted octanol–water partition coefficient (Wildman–Crippen LogP) is 2.90. The minimum absolute atomic E-state index is 0.304. The number of aryl methyl sites for hydroxylation is 1. The second-order valence-electron chi connectivity index (χ2n) is 2.89. The van der Waals surface area contributed by atoms with Crippen molar-refractivity contribution in [3.63, 3.8) is 0 Å². The fourth-order valence-electron chi connectivity index (χ4n) is 0.970. The van der Waals surface area contributed by atoms with Crippen LogP contribution in [0.1, 0.15) is 18.2 Å². The van der Waals surface area contributed by atoms with Gasteiger partial charge in [0.1, 0.15) is 5.76 Å². The van der Waals surface area contributed by atoms with Gasteiger partial charge >= 0.3 is 5.97 Å². The Labute approximate surface area is 93.5 Å². The van der Waals surface area contributed by atoms with E-state index in [0.717, 1.165) is 17.1 Å². The van der Waals surface area contributed by atoms with Crippen LogP contribution < -0.4 is 0 Å². The van der Waals surface area contributed by atoms with Crippen molar-refractivity contribution in [1.29, 1.82) is 0 Å². The zero-order valence-electron chi connectivity index (χ0n) is 8.86. The van der Waals surface area contributed by atoms with E-state index in [1.54, 1.807) is 18.6 Å². The van der Waals surface area contributed by atoms with Crippen LogP contribution in [0.4, 0.5) is 0 Å². The topological polar surface area (TPSA) is 39.4 Å². The molecule has 3 nitrogen and oxygen atoms in total. The Hall–Kier alpha value is -1.16. The lowest BCUT2D eigenvalue weighted by Crippen LogP contribution is -1.98. The Morgan fingerprint density at radius 3 is 3.07 bits per heavy atom. The van der Waals surface area contributed by atoms with Crippen molar-refractivity contribution in [2.24, 2.45) is 0 Å². The van der Waals surface area contributed by atoms with E-state index in [-0.39, 0.29) is 5.97 Å². The van der Waals surface area contributed by atoms with Gasteiger partial charge in [-0.3, -0.25) is 0 Å². The number of ether oxygens (including phenoxy) is 1. The van der Waals surface area contributed by atoms with Crippen molar-refractivity contribution in [3.8, 4) is 0 Å². The molecule has 1 aromatic heterocycles. The molecule has 15 heavy (non-hydrogen) atoms. The maximum atomic E-state index is 10.9. The summed E-state index contributed by atoms with van der Waals surface area (Å²) < 4.78 is 9.99. The van der Waals surface area contributed by atoms with Crippen LogP contribution in [-0.4, -0.2) is 12.6 Å². The molecule has 0 bridgehead atoms. The minimum atomic E-state index is -0.304. The van der Waals surface area contributed by atoms with Crippen molar-refractivity contribution < 1.29 is 13.9 Å². The van der Waals surface area contributed by atoms with Crippen LogP contribution >= 0.6 is 11.8 Å². The van der Waals surface area contributed by atoms with Crippen LogP contribution in [0, 0.1) is 6.92 Å². The van der Waals surface area contributed by atoms with Crippen molar-refractivity contribution in [2.75, 3.05) is 6.61 Å². The molecule has 1 heterocycles. The predicted molar refractivity (Wildman–Crippen MR) is 60.5 cm³/mol. The Morgan fingerprint density at radius 2 is 2.47 bits per heavy atom. The number of hydrogen-bond acceptors (Lipinski definition) is 4. The maximum Gasteiger partial charge on any atom is 0.331 e. The third kappa shape index (κ3) is 4.25. The summed E-state index contributed by atoms with van der Waals surface area (Å²) in [6, 6.07) is 1.92. The molecule has 0 saturated carbocycles. The second-order valence-corrected chi connectivity index (χ2v) is 3.79. The number of hydrogen-bond donors (Lipinski definition) is 0.